The standard InChI is InChI=1S/C45H30BN/c46-35-25-27-37-38-28-26-36(30-41(38)45(40(37)29-35,33-19-9-3-10-20-33)34-21-11-4-12-22-34)47-42-24-14-13-23-39(42)43(31-15-5-1-6-16-31)44(47)32-17-7-2-8-18-32/h1-30H. The number of rotatable bonds is 5. The Morgan fingerprint density at radius 2 is 0.957 bits per heavy atom. The normalized spacial score (nSPS) is 12.9. The molecule has 0 bridgehead atoms. The second kappa shape index (κ2) is 10.9. The van der Waals surface area contributed by atoms with Gasteiger partial charge in [-0.05, 0) is 62.7 Å². The highest BCUT2D eigenvalue weighted by Crippen LogP contribution is 2.56. The van der Waals surface area contributed by atoms with Crippen LogP contribution in [-0.2, 0) is 5.41 Å². The smallest absolute Gasteiger partial charge is 0.113 e. The maximum absolute atomic E-state index is 6.56. The van der Waals surface area contributed by atoms with E-state index < -0.39 is 5.41 Å². The van der Waals surface area contributed by atoms with Gasteiger partial charge in [0.05, 0.1) is 16.6 Å². The maximum Gasteiger partial charge on any atom is 0.113 e. The van der Waals surface area contributed by atoms with Gasteiger partial charge < -0.3 is 4.57 Å². The molecular formula is C45H30BN. The Hall–Kier alpha value is -5.86. The summed E-state index contributed by atoms with van der Waals surface area (Å²) in [4.78, 5) is 0. The summed E-state index contributed by atoms with van der Waals surface area (Å²) in [5.74, 6) is 0. The first kappa shape index (κ1) is 27.5. The third kappa shape index (κ3) is 4.11. The van der Waals surface area contributed by atoms with E-state index >= 15 is 0 Å². The van der Waals surface area contributed by atoms with Crippen LogP contribution in [0.25, 0.3) is 50.1 Å². The lowest BCUT2D eigenvalue weighted by atomic mass is 9.67. The fraction of sp³-hybridized carbons (Fsp3) is 0.0222. The number of benzene rings is 7. The van der Waals surface area contributed by atoms with Crippen molar-refractivity contribution in [2.45, 2.75) is 5.41 Å². The Balaban J connectivity index is 1.41. The Kier molecular flexibility index (Phi) is 6.36. The maximum atomic E-state index is 6.56. The van der Waals surface area contributed by atoms with Crippen molar-refractivity contribution < 1.29 is 0 Å². The van der Waals surface area contributed by atoms with Crippen LogP contribution < -0.4 is 5.46 Å². The molecule has 218 valence electrons. The average Bonchev–Trinajstić information content (AvgIpc) is 3.63. The second-order valence-corrected chi connectivity index (χ2v) is 12.3. The van der Waals surface area contributed by atoms with Gasteiger partial charge in [0.15, 0.2) is 0 Å². The predicted octanol–water partition coefficient (Wildman–Crippen LogP) is 10.1. The molecule has 1 nitrogen and oxygen atoms in total. The van der Waals surface area contributed by atoms with Crippen molar-refractivity contribution in [1.82, 2.24) is 4.57 Å². The molecule has 1 heterocycles. The van der Waals surface area contributed by atoms with Crippen LogP contribution in [-0.4, -0.2) is 12.4 Å². The first-order chi connectivity index (χ1) is 23.2. The molecule has 7 aromatic carbocycles. The Labute approximate surface area is 276 Å². The summed E-state index contributed by atoms with van der Waals surface area (Å²) in [5.41, 5.74) is 14.7. The van der Waals surface area contributed by atoms with Crippen molar-refractivity contribution in [1.29, 1.82) is 0 Å². The highest BCUT2D eigenvalue weighted by atomic mass is 15.0. The van der Waals surface area contributed by atoms with E-state index in [1.807, 2.05) is 6.07 Å². The van der Waals surface area contributed by atoms with Gasteiger partial charge in [-0.1, -0.05) is 169 Å². The molecule has 0 spiro atoms. The molecule has 0 N–H and O–H groups in total. The molecule has 1 aliphatic carbocycles. The van der Waals surface area contributed by atoms with E-state index in [2.05, 4.69) is 180 Å². The van der Waals surface area contributed by atoms with E-state index in [-0.39, 0.29) is 0 Å². The van der Waals surface area contributed by atoms with Crippen molar-refractivity contribution in [2.75, 3.05) is 0 Å². The highest BCUT2D eigenvalue weighted by molar-refractivity contribution is 6.32. The fourth-order valence-corrected chi connectivity index (χ4v) is 7.91. The third-order valence-corrected chi connectivity index (χ3v) is 9.80. The molecule has 1 aromatic heterocycles. The minimum Gasteiger partial charge on any atom is -0.309 e. The molecule has 2 heteroatoms. The van der Waals surface area contributed by atoms with Gasteiger partial charge in [0.1, 0.15) is 7.85 Å². The van der Waals surface area contributed by atoms with Crippen LogP contribution in [0.4, 0.5) is 0 Å². The zero-order chi connectivity index (χ0) is 31.4. The molecule has 2 radical (unpaired) electrons. The van der Waals surface area contributed by atoms with E-state index in [9.17, 15) is 0 Å². The minimum absolute atomic E-state index is 0.545. The Morgan fingerprint density at radius 1 is 0.447 bits per heavy atom. The molecule has 1 aliphatic rings. The summed E-state index contributed by atoms with van der Waals surface area (Å²) < 4.78 is 2.46. The molecule has 0 unspecified atom stereocenters. The SMILES string of the molecule is [B]c1ccc2c(c1)C(c1ccccc1)(c1ccccc1)c1cc(-n3c(-c4ccccc4)c(-c4ccccc4)c4ccccc43)ccc1-2. The van der Waals surface area contributed by atoms with E-state index in [0.717, 1.165) is 11.2 Å². The number of fused-ring (bicyclic) bond motifs is 4. The first-order valence-corrected chi connectivity index (χ1v) is 16.2. The summed E-state index contributed by atoms with van der Waals surface area (Å²) in [6.07, 6.45) is 0. The molecule has 8 aromatic rings. The fourth-order valence-electron chi connectivity index (χ4n) is 7.91. The van der Waals surface area contributed by atoms with Gasteiger partial charge in [-0.3, -0.25) is 0 Å². The van der Waals surface area contributed by atoms with E-state index in [4.69, 9.17) is 7.85 Å². The van der Waals surface area contributed by atoms with Gasteiger partial charge in [0.2, 0.25) is 0 Å². The molecule has 9 rings (SSSR count). The van der Waals surface area contributed by atoms with Crippen LogP contribution in [0, 0.1) is 0 Å². The zero-order valence-corrected chi connectivity index (χ0v) is 25.8. The number of para-hydroxylation sites is 1. The highest BCUT2D eigenvalue weighted by Gasteiger charge is 2.46. The van der Waals surface area contributed by atoms with E-state index in [1.54, 1.807) is 0 Å². The van der Waals surface area contributed by atoms with Crippen molar-refractivity contribution in [3.05, 3.63) is 204 Å². The lowest BCUT2D eigenvalue weighted by Gasteiger charge is -2.34. The lowest BCUT2D eigenvalue weighted by molar-refractivity contribution is 0.768. The minimum atomic E-state index is -0.545. The lowest BCUT2D eigenvalue weighted by Crippen LogP contribution is -2.29. The summed E-state index contributed by atoms with van der Waals surface area (Å²) >= 11 is 0. The molecule has 0 amide bonds. The van der Waals surface area contributed by atoms with Crippen molar-refractivity contribution in [3.8, 4) is 39.2 Å². The van der Waals surface area contributed by atoms with Crippen LogP contribution in [0.15, 0.2) is 182 Å². The van der Waals surface area contributed by atoms with Gasteiger partial charge in [-0.25, -0.2) is 0 Å². The van der Waals surface area contributed by atoms with Crippen LogP contribution in [0.5, 0.6) is 0 Å². The molecule has 47 heavy (non-hydrogen) atoms. The van der Waals surface area contributed by atoms with Gasteiger partial charge in [-0.2, -0.15) is 0 Å². The molecular weight excluding hydrogens is 565 g/mol. The summed E-state index contributed by atoms with van der Waals surface area (Å²) in [6, 6.07) is 65.6. The van der Waals surface area contributed by atoms with Crippen LogP contribution in [0.3, 0.4) is 0 Å². The monoisotopic (exact) mass is 595 g/mol. The third-order valence-electron chi connectivity index (χ3n) is 9.80. The summed E-state index contributed by atoms with van der Waals surface area (Å²) in [7, 11) is 6.56. The van der Waals surface area contributed by atoms with Crippen molar-refractivity contribution in [2.24, 2.45) is 0 Å². The molecule has 0 atom stereocenters. The Morgan fingerprint density at radius 3 is 1.60 bits per heavy atom. The van der Waals surface area contributed by atoms with Crippen LogP contribution >= 0.6 is 0 Å². The first-order valence-electron chi connectivity index (χ1n) is 16.2. The Bertz CT molecular complexity index is 2350. The quantitative estimate of drug-likeness (QED) is 0.175. The van der Waals surface area contributed by atoms with Gasteiger partial charge >= 0.3 is 0 Å². The topological polar surface area (TPSA) is 4.93 Å². The van der Waals surface area contributed by atoms with Gasteiger partial charge in [0.25, 0.3) is 0 Å². The zero-order valence-electron chi connectivity index (χ0n) is 25.8. The summed E-state index contributed by atoms with van der Waals surface area (Å²) in [5, 5.41) is 1.23. The van der Waals surface area contributed by atoms with Crippen molar-refractivity contribution in [3.63, 3.8) is 0 Å². The number of nitrogens with zero attached hydrogens (tertiary/aromatic N) is 1. The second-order valence-electron chi connectivity index (χ2n) is 12.3. The van der Waals surface area contributed by atoms with E-state index in [0.29, 0.717) is 0 Å². The molecule has 0 saturated carbocycles. The number of hydrogen-bond acceptors (Lipinski definition) is 0. The average molecular weight is 596 g/mol. The van der Waals surface area contributed by atoms with E-state index in [1.165, 1.54) is 66.7 Å². The summed E-state index contributed by atoms with van der Waals surface area (Å²) in [6.45, 7) is 0. The van der Waals surface area contributed by atoms with Gasteiger partial charge in [-0.15, -0.1) is 0 Å². The largest absolute Gasteiger partial charge is 0.309 e. The van der Waals surface area contributed by atoms with Crippen molar-refractivity contribution >= 4 is 24.2 Å². The molecule has 0 saturated heterocycles. The van der Waals surface area contributed by atoms with Gasteiger partial charge in [0, 0.05) is 16.6 Å². The number of aromatic nitrogens is 1. The molecule has 0 aliphatic heterocycles. The van der Waals surface area contributed by atoms with Crippen LogP contribution in [0.1, 0.15) is 22.3 Å². The number of hydrogen-bond donors (Lipinski definition) is 0. The molecule has 0 fully saturated rings. The predicted molar refractivity (Wildman–Crippen MR) is 197 cm³/mol. The van der Waals surface area contributed by atoms with Crippen LogP contribution in [0.2, 0.25) is 0 Å².